The summed E-state index contributed by atoms with van der Waals surface area (Å²) in [5, 5.41) is 9.52. The molecule has 0 aromatic heterocycles. The van der Waals surface area contributed by atoms with E-state index in [-0.39, 0.29) is 0 Å². The van der Waals surface area contributed by atoms with Gasteiger partial charge in [0, 0.05) is 6.54 Å². The number of nitrogens with zero attached hydrogens (tertiary/aromatic N) is 2. The van der Waals surface area contributed by atoms with E-state index in [1.54, 1.807) is 6.21 Å². The average Bonchev–Trinajstić information content (AvgIpc) is 3.23. The molecule has 5 nitrogen and oxygen atoms in total. The van der Waals surface area contributed by atoms with Gasteiger partial charge in [-0.05, 0) is 39.2 Å². The van der Waals surface area contributed by atoms with Crippen LogP contribution in [-0.4, -0.2) is 37.2 Å². The van der Waals surface area contributed by atoms with Gasteiger partial charge in [-0.15, -0.1) is 0 Å². The van der Waals surface area contributed by atoms with E-state index in [9.17, 15) is 14.5 Å². The van der Waals surface area contributed by atoms with Gasteiger partial charge in [0.25, 0.3) is 0 Å². The molecule has 1 saturated carbocycles. The first-order valence-corrected chi connectivity index (χ1v) is 8.37. The molecule has 0 aliphatic heterocycles. The van der Waals surface area contributed by atoms with E-state index in [0.29, 0.717) is 6.54 Å². The Hall–Kier alpha value is -1.53. The SMILES string of the molecule is CC(C)(C)[S@+]([O-])N=CC1(N(Cc2ccccc2)C(=O)O)CC1. The van der Waals surface area contributed by atoms with E-state index in [1.807, 2.05) is 51.1 Å². The van der Waals surface area contributed by atoms with Gasteiger partial charge in [-0.2, -0.15) is 0 Å². The molecule has 2 rings (SSSR count). The van der Waals surface area contributed by atoms with Crippen molar-refractivity contribution < 1.29 is 14.5 Å². The smallest absolute Gasteiger partial charge is 0.408 e. The van der Waals surface area contributed by atoms with Gasteiger partial charge in [0.15, 0.2) is 0 Å². The third-order valence-corrected chi connectivity index (χ3v) is 4.97. The lowest BCUT2D eigenvalue weighted by Gasteiger charge is -2.27. The maximum atomic E-state index is 12.0. The van der Waals surface area contributed by atoms with Crippen molar-refractivity contribution >= 4 is 23.7 Å². The van der Waals surface area contributed by atoms with Gasteiger partial charge in [0.1, 0.15) is 16.1 Å². The zero-order valence-electron chi connectivity index (χ0n) is 13.2. The summed E-state index contributed by atoms with van der Waals surface area (Å²) in [7, 11) is 0. The Morgan fingerprint density at radius 2 is 2.00 bits per heavy atom. The Bertz CT molecular complexity index is 550. The second kappa shape index (κ2) is 6.30. The molecule has 0 spiro atoms. The molecule has 0 unspecified atom stereocenters. The van der Waals surface area contributed by atoms with Crippen molar-refractivity contribution in [3.63, 3.8) is 0 Å². The number of benzene rings is 1. The topological polar surface area (TPSA) is 76.0 Å². The van der Waals surface area contributed by atoms with Crippen LogP contribution >= 0.6 is 0 Å². The quantitative estimate of drug-likeness (QED) is 0.668. The maximum Gasteiger partial charge on any atom is 0.408 e. The number of hydrogen-bond acceptors (Lipinski definition) is 3. The standard InChI is InChI=1S/C16H22N2O3S/c1-15(2,3)22(21)17-12-16(9-10-16)18(14(19)20)11-13-7-5-4-6-8-13/h4-8,12H,9-11H2,1-3H3,(H,19,20)/t22-/m0/s1. The second-order valence-electron chi connectivity index (χ2n) is 6.55. The van der Waals surface area contributed by atoms with E-state index in [0.717, 1.165) is 18.4 Å². The zero-order chi connectivity index (χ0) is 16.4. The lowest BCUT2D eigenvalue weighted by Crippen LogP contribution is -2.42. The highest BCUT2D eigenvalue weighted by atomic mass is 32.2. The van der Waals surface area contributed by atoms with Crippen LogP contribution in [0.5, 0.6) is 0 Å². The Kier molecular flexibility index (Phi) is 4.82. The summed E-state index contributed by atoms with van der Waals surface area (Å²) in [6.07, 6.45) is 2.04. The van der Waals surface area contributed by atoms with Gasteiger partial charge >= 0.3 is 6.09 Å². The van der Waals surface area contributed by atoms with Crippen molar-refractivity contribution in [1.82, 2.24) is 4.90 Å². The van der Waals surface area contributed by atoms with Crippen molar-refractivity contribution in [3.05, 3.63) is 35.9 Å². The molecular formula is C16H22N2O3S. The molecule has 22 heavy (non-hydrogen) atoms. The van der Waals surface area contributed by atoms with Crippen LogP contribution in [0.15, 0.2) is 34.7 Å². The average molecular weight is 322 g/mol. The molecular weight excluding hydrogens is 300 g/mol. The highest BCUT2D eigenvalue weighted by Gasteiger charge is 2.50. The fourth-order valence-electron chi connectivity index (χ4n) is 2.08. The minimum atomic E-state index is -1.37. The molecule has 0 bridgehead atoms. The normalized spacial score (nSPS) is 18.2. The Balaban J connectivity index is 2.14. The lowest BCUT2D eigenvalue weighted by atomic mass is 10.1. The number of amides is 1. The first-order chi connectivity index (χ1) is 10.2. The molecule has 0 heterocycles. The first-order valence-electron chi connectivity index (χ1n) is 7.26. The Morgan fingerprint density at radius 3 is 2.45 bits per heavy atom. The largest absolute Gasteiger partial charge is 0.591 e. The molecule has 0 saturated heterocycles. The van der Waals surface area contributed by atoms with Gasteiger partial charge in [-0.25, -0.2) is 4.79 Å². The molecule has 1 fully saturated rings. The van der Waals surface area contributed by atoms with Gasteiger partial charge in [0.2, 0.25) is 0 Å². The molecule has 1 aromatic carbocycles. The highest BCUT2D eigenvalue weighted by Crippen LogP contribution is 2.41. The number of rotatable bonds is 5. The summed E-state index contributed by atoms with van der Waals surface area (Å²) in [4.78, 5) is 13.0. The molecule has 1 amide bonds. The number of carboxylic acid groups (broad SMARTS) is 1. The third-order valence-electron chi connectivity index (χ3n) is 3.63. The molecule has 120 valence electrons. The molecule has 6 heteroatoms. The summed E-state index contributed by atoms with van der Waals surface area (Å²) in [5.41, 5.74) is 0.323. The molecule has 1 N–H and O–H groups in total. The van der Waals surface area contributed by atoms with Crippen molar-refractivity contribution in [1.29, 1.82) is 0 Å². The summed E-state index contributed by atoms with van der Waals surface area (Å²) < 4.78 is 15.7. The summed E-state index contributed by atoms with van der Waals surface area (Å²) >= 11 is -1.37. The predicted molar refractivity (Wildman–Crippen MR) is 88.4 cm³/mol. The maximum absolute atomic E-state index is 12.0. The zero-order valence-corrected chi connectivity index (χ0v) is 14.0. The van der Waals surface area contributed by atoms with Gasteiger partial charge in [0.05, 0.1) is 11.8 Å². The molecule has 1 aliphatic rings. The van der Waals surface area contributed by atoms with Crippen molar-refractivity contribution in [3.8, 4) is 0 Å². The van der Waals surface area contributed by atoms with Crippen LogP contribution in [0.25, 0.3) is 0 Å². The van der Waals surface area contributed by atoms with E-state index in [1.165, 1.54) is 4.90 Å². The van der Waals surface area contributed by atoms with E-state index >= 15 is 0 Å². The monoisotopic (exact) mass is 322 g/mol. The van der Waals surface area contributed by atoms with Crippen LogP contribution in [0, 0.1) is 0 Å². The molecule has 0 radical (unpaired) electrons. The fourth-order valence-corrected chi connectivity index (χ4v) is 2.69. The first kappa shape index (κ1) is 16.8. The minimum absolute atomic E-state index is 0.310. The lowest BCUT2D eigenvalue weighted by molar-refractivity contribution is 0.130. The van der Waals surface area contributed by atoms with E-state index in [2.05, 4.69) is 4.40 Å². The third kappa shape index (κ3) is 4.01. The highest BCUT2D eigenvalue weighted by molar-refractivity contribution is 7.91. The van der Waals surface area contributed by atoms with Crippen LogP contribution in [0.3, 0.4) is 0 Å². The van der Waals surface area contributed by atoms with Crippen molar-refractivity contribution in [2.75, 3.05) is 0 Å². The predicted octanol–water partition coefficient (Wildman–Crippen LogP) is 3.23. The van der Waals surface area contributed by atoms with Crippen LogP contribution < -0.4 is 0 Å². The molecule has 1 aliphatic carbocycles. The van der Waals surface area contributed by atoms with E-state index in [4.69, 9.17) is 0 Å². The fraction of sp³-hybridized carbons (Fsp3) is 0.500. The summed E-state index contributed by atoms with van der Waals surface area (Å²) in [5.74, 6) is 0. The second-order valence-corrected chi connectivity index (χ2v) is 8.49. The van der Waals surface area contributed by atoms with Crippen LogP contribution in [0.2, 0.25) is 0 Å². The van der Waals surface area contributed by atoms with Crippen LogP contribution in [0.4, 0.5) is 4.79 Å². The molecule has 1 atom stereocenters. The summed E-state index contributed by atoms with van der Waals surface area (Å²) in [6.45, 7) is 5.85. The van der Waals surface area contributed by atoms with E-state index < -0.39 is 27.7 Å². The number of hydrogen-bond donors (Lipinski definition) is 1. The van der Waals surface area contributed by atoms with Gasteiger partial charge in [-0.1, -0.05) is 34.7 Å². The van der Waals surface area contributed by atoms with Crippen LogP contribution in [0.1, 0.15) is 39.2 Å². The van der Waals surface area contributed by atoms with Crippen LogP contribution in [-0.2, 0) is 17.9 Å². The van der Waals surface area contributed by atoms with Crippen molar-refractivity contribution in [2.24, 2.45) is 4.40 Å². The Morgan fingerprint density at radius 1 is 1.41 bits per heavy atom. The van der Waals surface area contributed by atoms with Gasteiger partial charge in [-0.3, -0.25) is 4.90 Å². The van der Waals surface area contributed by atoms with Gasteiger partial charge < -0.3 is 9.66 Å². The number of carbonyl (C=O) groups is 1. The molecule has 1 aromatic rings. The Labute approximate surface area is 134 Å². The minimum Gasteiger partial charge on any atom is -0.591 e. The summed E-state index contributed by atoms with van der Waals surface area (Å²) in [6, 6.07) is 9.47. The van der Waals surface area contributed by atoms with Crippen molar-refractivity contribution in [2.45, 2.75) is 50.4 Å².